The van der Waals surface area contributed by atoms with Gasteiger partial charge >= 0.3 is 0 Å². The summed E-state index contributed by atoms with van der Waals surface area (Å²) in [5, 5.41) is 0. The Morgan fingerprint density at radius 3 is 3.30 bits per heavy atom. The minimum Gasteiger partial charge on any atom is -0.487 e. The zero-order valence-corrected chi connectivity index (χ0v) is 6.01. The SMILES string of the molecule is ClN1C=CC=C2OCC=C21. The van der Waals surface area contributed by atoms with Gasteiger partial charge in [-0.2, -0.15) is 0 Å². The van der Waals surface area contributed by atoms with Crippen LogP contribution in [-0.4, -0.2) is 11.0 Å². The molecule has 52 valence electrons. The number of fused-ring (bicyclic) bond motifs is 1. The first-order chi connectivity index (χ1) is 4.88. The van der Waals surface area contributed by atoms with Crippen LogP contribution in [0, 0.1) is 0 Å². The summed E-state index contributed by atoms with van der Waals surface area (Å²) in [5.41, 5.74) is 0.948. The third-order valence-electron chi connectivity index (χ3n) is 1.46. The van der Waals surface area contributed by atoms with Gasteiger partial charge in [-0.05, 0) is 18.2 Å². The lowest BCUT2D eigenvalue weighted by Crippen LogP contribution is -2.06. The standard InChI is InChI=1S/C7H6ClNO/c8-9-4-1-2-7-6(9)3-5-10-7/h1-4H,5H2. The van der Waals surface area contributed by atoms with E-state index in [1.54, 1.807) is 6.20 Å². The van der Waals surface area contributed by atoms with Crippen LogP contribution in [0.5, 0.6) is 0 Å². The van der Waals surface area contributed by atoms with Crippen molar-refractivity contribution in [3.63, 3.8) is 0 Å². The highest BCUT2D eigenvalue weighted by atomic mass is 35.5. The monoisotopic (exact) mass is 155 g/mol. The lowest BCUT2D eigenvalue weighted by Gasteiger charge is -2.15. The Balaban J connectivity index is 2.39. The fourth-order valence-corrected chi connectivity index (χ4v) is 1.21. The van der Waals surface area contributed by atoms with Crippen LogP contribution in [0.15, 0.2) is 35.9 Å². The van der Waals surface area contributed by atoms with Crippen LogP contribution < -0.4 is 0 Å². The van der Waals surface area contributed by atoms with Crippen LogP contribution in [0.4, 0.5) is 0 Å². The molecule has 2 rings (SSSR count). The fraction of sp³-hybridized carbons (Fsp3) is 0.143. The first kappa shape index (κ1) is 5.86. The van der Waals surface area contributed by atoms with Crippen molar-refractivity contribution in [1.29, 1.82) is 0 Å². The van der Waals surface area contributed by atoms with Gasteiger partial charge in [-0.1, -0.05) is 0 Å². The molecule has 0 aliphatic carbocycles. The Morgan fingerprint density at radius 2 is 2.50 bits per heavy atom. The van der Waals surface area contributed by atoms with Gasteiger partial charge < -0.3 is 4.74 Å². The van der Waals surface area contributed by atoms with Crippen molar-refractivity contribution in [1.82, 2.24) is 4.42 Å². The summed E-state index contributed by atoms with van der Waals surface area (Å²) in [4.78, 5) is 0. The number of rotatable bonds is 0. The van der Waals surface area contributed by atoms with Crippen molar-refractivity contribution in [2.45, 2.75) is 0 Å². The topological polar surface area (TPSA) is 12.5 Å². The number of hydrogen-bond acceptors (Lipinski definition) is 2. The van der Waals surface area contributed by atoms with E-state index in [0.29, 0.717) is 6.61 Å². The summed E-state index contributed by atoms with van der Waals surface area (Å²) in [5.74, 6) is 0.859. The van der Waals surface area contributed by atoms with E-state index in [0.717, 1.165) is 11.5 Å². The van der Waals surface area contributed by atoms with Gasteiger partial charge in [0.05, 0.1) is 5.70 Å². The second kappa shape index (κ2) is 2.06. The Labute approximate surface area is 64.1 Å². The first-order valence-corrected chi connectivity index (χ1v) is 3.38. The summed E-state index contributed by atoms with van der Waals surface area (Å²) in [7, 11) is 0. The van der Waals surface area contributed by atoms with Crippen LogP contribution >= 0.6 is 11.8 Å². The van der Waals surface area contributed by atoms with Crippen molar-refractivity contribution < 1.29 is 4.74 Å². The maximum atomic E-state index is 5.78. The van der Waals surface area contributed by atoms with E-state index in [1.165, 1.54) is 4.42 Å². The highest BCUT2D eigenvalue weighted by molar-refractivity contribution is 6.15. The molecule has 0 atom stereocenters. The maximum Gasteiger partial charge on any atom is 0.144 e. The predicted octanol–water partition coefficient (Wildman–Crippen LogP) is 1.77. The molecule has 0 bridgehead atoms. The molecule has 0 aromatic carbocycles. The van der Waals surface area contributed by atoms with Crippen LogP contribution in [0.1, 0.15) is 0 Å². The van der Waals surface area contributed by atoms with E-state index in [1.807, 2.05) is 18.2 Å². The summed E-state index contributed by atoms with van der Waals surface area (Å²) >= 11 is 5.78. The largest absolute Gasteiger partial charge is 0.487 e. The van der Waals surface area contributed by atoms with Gasteiger partial charge in [-0.15, -0.1) is 0 Å². The highest BCUT2D eigenvalue weighted by Gasteiger charge is 2.18. The van der Waals surface area contributed by atoms with Gasteiger partial charge in [-0.25, -0.2) is 0 Å². The van der Waals surface area contributed by atoms with Gasteiger partial charge in [-0.3, -0.25) is 4.42 Å². The Kier molecular flexibility index (Phi) is 1.21. The van der Waals surface area contributed by atoms with E-state index < -0.39 is 0 Å². The van der Waals surface area contributed by atoms with Crippen molar-refractivity contribution in [3.8, 4) is 0 Å². The first-order valence-electron chi connectivity index (χ1n) is 3.05. The quantitative estimate of drug-likeness (QED) is 0.495. The minimum atomic E-state index is 0.631. The van der Waals surface area contributed by atoms with Gasteiger partial charge in [0.15, 0.2) is 0 Å². The summed E-state index contributed by atoms with van der Waals surface area (Å²) in [6, 6.07) is 0. The smallest absolute Gasteiger partial charge is 0.144 e. The molecule has 3 heteroatoms. The Hall–Kier alpha value is -0.890. The van der Waals surface area contributed by atoms with Crippen LogP contribution in [-0.2, 0) is 4.74 Å². The zero-order chi connectivity index (χ0) is 6.97. The van der Waals surface area contributed by atoms with Crippen LogP contribution in [0.25, 0.3) is 0 Å². The third-order valence-corrected chi connectivity index (χ3v) is 1.76. The van der Waals surface area contributed by atoms with E-state index in [4.69, 9.17) is 16.5 Å². The normalized spacial score (nSPS) is 21.5. The number of nitrogens with zero attached hydrogens (tertiary/aromatic N) is 1. The average molecular weight is 156 g/mol. The van der Waals surface area contributed by atoms with Gasteiger partial charge in [0.1, 0.15) is 12.4 Å². The summed E-state index contributed by atoms with van der Waals surface area (Å²) < 4.78 is 6.75. The molecular weight excluding hydrogens is 150 g/mol. The number of hydrogen-bond donors (Lipinski definition) is 0. The van der Waals surface area contributed by atoms with Crippen molar-refractivity contribution >= 4 is 11.8 Å². The second-order valence-electron chi connectivity index (χ2n) is 2.08. The Morgan fingerprint density at radius 1 is 1.60 bits per heavy atom. The van der Waals surface area contributed by atoms with E-state index in [-0.39, 0.29) is 0 Å². The number of allylic oxidation sites excluding steroid dienone is 2. The molecule has 0 unspecified atom stereocenters. The lowest BCUT2D eigenvalue weighted by atomic mass is 10.3. The number of ether oxygens (including phenoxy) is 1. The molecule has 2 aliphatic rings. The lowest BCUT2D eigenvalue weighted by molar-refractivity contribution is 0.270. The van der Waals surface area contributed by atoms with Crippen LogP contribution in [0.2, 0.25) is 0 Å². The maximum absolute atomic E-state index is 5.78. The van der Waals surface area contributed by atoms with E-state index in [9.17, 15) is 0 Å². The van der Waals surface area contributed by atoms with Gasteiger partial charge in [0, 0.05) is 18.0 Å². The summed E-state index contributed by atoms with van der Waals surface area (Å²) in [6.45, 7) is 0.631. The van der Waals surface area contributed by atoms with Crippen molar-refractivity contribution in [3.05, 3.63) is 35.9 Å². The molecular formula is C7H6ClNO. The highest BCUT2D eigenvalue weighted by Crippen LogP contribution is 2.27. The molecule has 2 nitrogen and oxygen atoms in total. The van der Waals surface area contributed by atoms with Crippen molar-refractivity contribution in [2.24, 2.45) is 0 Å². The molecule has 0 saturated carbocycles. The molecule has 2 aliphatic heterocycles. The van der Waals surface area contributed by atoms with E-state index in [2.05, 4.69) is 0 Å². The van der Waals surface area contributed by atoms with Crippen molar-refractivity contribution in [2.75, 3.05) is 6.61 Å². The molecule has 10 heavy (non-hydrogen) atoms. The third kappa shape index (κ3) is 0.727. The molecule has 0 spiro atoms. The summed E-state index contributed by atoms with van der Waals surface area (Å²) in [6.07, 6.45) is 7.48. The molecule has 0 fully saturated rings. The second-order valence-corrected chi connectivity index (χ2v) is 2.45. The molecule has 0 N–H and O–H groups in total. The number of halogens is 1. The average Bonchev–Trinajstić information content (AvgIpc) is 2.36. The van der Waals surface area contributed by atoms with Gasteiger partial charge in [0.25, 0.3) is 0 Å². The minimum absolute atomic E-state index is 0.631. The van der Waals surface area contributed by atoms with Gasteiger partial charge in [0.2, 0.25) is 0 Å². The van der Waals surface area contributed by atoms with Crippen LogP contribution in [0.3, 0.4) is 0 Å². The van der Waals surface area contributed by atoms with E-state index >= 15 is 0 Å². The molecule has 0 radical (unpaired) electrons. The molecule has 0 aromatic heterocycles. The fourth-order valence-electron chi connectivity index (χ4n) is 0.997. The zero-order valence-electron chi connectivity index (χ0n) is 5.25. The molecule has 0 aromatic rings. The molecule has 0 saturated heterocycles. The molecule has 2 heterocycles. The predicted molar refractivity (Wildman–Crippen MR) is 39.0 cm³/mol. The molecule has 0 amide bonds. The Bertz CT molecular complexity index is 242.